The molecule has 11 heteroatoms. The van der Waals surface area contributed by atoms with Gasteiger partial charge >= 0.3 is 12.2 Å². The SMILES string of the molecule is CC(C)(C)OC(=O)N1CCC(N2CC[C@H](CN3CCN(c4cccc5c4CCN5C(=O)OCc4ccccc4)CC3)C(F)(F)C2)CC1. The Balaban J connectivity index is 0.970. The summed E-state index contributed by atoms with van der Waals surface area (Å²) in [7, 11) is 0. The average molecular weight is 654 g/mol. The molecule has 9 nitrogen and oxygen atoms in total. The lowest BCUT2D eigenvalue weighted by Crippen LogP contribution is -2.58. The molecule has 256 valence electrons. The van der Waals surface area contributed by atoms with Gasteiger partial charge in [0.1, 0.15) is 12.2 Å². The van der Waals surface area contributed by atoms with E-state index in [9.17, 15) is 9.59 Å². The number of carbonyl (C=O) groups excluding carboxylic acids is 2. The van der Waals surface area contributed by atoms with Crippen LogP contribution in [0.3, 0.4) is 0 Å². The van der Waals surface area contributed by atoms with Crippen molar-refractivity contribution in [2.24, 2.45) is 5.92 Å². The van der Waals surface area contributed by atoms with E-state index in [1.807, 2.05) is 68.1 Å². The van der Waals surface area contributed by atoms with Crippen molar-refractivity contribution in [3.63, 3.8) is 0 Å². The van der Waals surface area contributed by atoms with Crippen LogP contribution in [0.2, 0.25) is 0 Å². The number of carbonyl (C=O) groups is 2. The molecular weight excluding hydrogens is 604 g/mol. The van der Waals surface area contributed by atoms with Crippen molar-refractivity contribution in [1.29, 1.82) is 0 Å². The summed E-state index contributed by atoms with van der Waals surface area (Å²) in [6.45, 7) is 11.3. The summed E-state index contributed by atoms with van der Waals surface area (Å²) in [6.07, 6.45) is 1.96. The molecule has 47 heavy (non-hydrogen) atoms. The van der Waals surface area contributed by atoms with Crippen molar-refractivity contribution in [2.75, 3.05) is 75.2 Å². The minimum Gasteiger partial charge on any atom is -0.444 e. The molecule has 2 amide bonds. The van der Waals surface area contributed by atoms with Crippen molar-refractivity contribution >= 4 is 23.6 Å². The van der Waals surface area contributed by atoms with Gasteiger partial charge in [0, 0.05) is 75.6 Å². The topological polar surface area (TPSA) is 68.8 Å². The maximum atomic E-state index is 15.6. The fourth-order valence-electron chi connectivity index (χ4n) is 7.47. The Labute approximate surface area is 277 Å². The molecule has 0 bridgehead atoms. The predicted molar refractivity (Wildman–Crippen MR) is 178 cm³/mol. The van der Waals surface area contributed by atoms with E-state index in [4.69, 9.17) is 9.47 Å². The van der Waals surface area contributed by atoms with Crippen LogP contribution in [0.5, 0.6) is 0 Å². The van der Waals surface area contributed by atoms with Gasteiger partial charge in [-0.15, -0.1) is 0 Å². The van der Waals surface area contributed by atoms with Crippen LogP contribution in [-0.4, -0.2) is 110 Å². The van der Waals surface area contributed by atoms with Crippen LogP contribution in [0.25, 0.3) is 0 Å². The first-order valence-corrected chi connectivity index (χ1v) is 17.1. The quantitative estimate of drug-likeness (QED) is 0.387. The van der Waals surface area contributed by atoms with Crippen LogP contribution in [-0.2, 0) is 22.5 Å². The number of rotatable bonds is 6. The number of hydrogen-bond acceptors (Lipinski definition) is 7. The van der Waals surface area contributed by atoms with Gasteiger partial charge < -0.3 is 19.3 Å². The minimum atomic E-state index is -2.75. The largest absolute Gasteiger partial charge is 0.444 e. The van der Waals surface area contributed by atoms with Gasteiger partial charge in [-0.3, -0.25) is 14.7 Å². The Morgan fingerprint density at radius 3 is 2.21 bits per heavy atom. The van der Waals surface area contributed by atoms with E-state index in [0.29, 0.717) is 52.0 Å². The summed E-state index contributed by atoms with van der Waals surface area (Å²) in [5.74, 6) is -3.42. The molecule has 4 heterocycles. The zero-order chi connectivity index (χ0) is 33.2. The van der Waals surface area contributed by atoms with Crippen molar-refractivity contribution in [3.05, 3.63) is 59.7 Å². The lowest BCUT2D eigenvalue weighted by molar-refractivity contribution is -0.129. The number of fused-ring (bicyclic) bond motifs is 1. The zero-order valence-electron chi connectivity index (χ0n) is 28.0. The predicted octanol–water partition coefficient (Wildman–Crippen LogP) is 5.86. The number of halogens is 2. The maximum Gasteiger partial charge on any atom is 0.414 e. The van der Waals surface area contributed by atoms with E-state index < -0.39 is 17.4 Å². The van der Waals surface area contributed by atoms with Crippen LogP contribution < -0.4 is 9.80 Å². The van der Waals surface area contributed by atoms with Crippen LogP contribution >= 0.6 is 0 Å². The standard InChI is InChI=1S/C36H49F2N5O4/c1-35(2,3)47-33(44)41-17-13-29(14-18-41)42-16-12-28(36(37,38)26-42)24-39-20-22-40(23-21-39)31-10-7-11-32-30(31)15-19-43(32)34(45)46-25-27-8-5-4-6-9-27/h4-11,28-29H,12-26H2,1-3H3/t28-/m1/s1. The molecule has 0 saturated carbocycles. The molecule has 3 fully saturated rings. The summed E-state index contributed by atoms with van der Waals surface area (Å²) in [5, 5.41) is 0. The van der Waals surface area contributed by atoms with Gasteiger partial charge in [-0.05, 0) is 70.7 Å². The number of piperazine rings is 1. The number of alkyl halides is 2. The van der Waals surface area contributed by atoms with Gasteiger partial charge in [-0.2, -0.15) is 0 Å². The number of amides is 2. The van der Waals surface area contributed by atoms with Crippen molar-refractivity contribution in [2.45, 2.75) is 70.6 Å². The highest BCUT2D eigenvalue weighted by Gasteiger charge is 2.47. The first kappa shape index (κ1) is 33.5. The second-order valence-corrected chi connectivity index (χ2v) is 14.4. The summed E-state index contributed by atoms with van der Waals surface area (Å²) in [6, 6.07) is 15.8. The van der Waals surface area contributed by atoms with E-state index in [2.05, 4.69) is 15.9 Å². The van der Waals surface area contributed by atoms with E-state index in [-0.39, 0.29) is 31.4 Å². The molecule has 4 aliphatic rings. The van der Waals surface area contributed by atoms with E-state index in [1.165, 1.54) is 0 Å². The lowest BCUT2D eigenvalue weighted by Gasteiger charge is -2.46. The normalized spacial score (nSPS) is 22.7. The van der Waals surface area contributed by atoms with Crippen LogP contribution in [0.15, 0.2) is 48.5 Å². The number of piperidine rings is 2. The average Bonchev–Trinajstić information content (AvgIpc) is 3.49. The van der Waals surface area contributed by atoms with Gasteiger partial charge in [0.2, 0.25) is 0 Å². The molecule has 0 aromatic heterocycles. The van der Waals surface area contributed by atoms with Gasteiger partial charge in [0.05, 0.1) is 12.2 Å². The summed E-state index contributed by atoms with van der Waals surface area (Å²) >= 11 is 0. The van der Waals surface area contributed by atoms with Gasteiger partial charge in [0.15, 0.2) is 0 Å². The smallest absolute Gasteiger partial charge is 0.414 e. The Kier molecular flexibility index (Phi) is 9.94. The van der Waals surface area contributed by atoms with E-state index in [1.54, 1.807) is 9.80 Å². The Morgan fingerprint density at radius 2 is 1.53 bits per heavy atom. The Bertz CT molecular complexity index is 1390. The maximum absolute atomic E-state index is 15.6. The zero-order valence-corrected chi connectivity index (χ0v) is 28.0. The molecule has 0 spiro atoms. The molecule has 2 aromatic rings. The van der Waals surface area contributed by atoms with Crippen LogP contribution in [0, 0.1) is 5.92 Å². The second-order valence-electron chi connectivity index (χ2n) is 14.4. The highest BCUT2D eigenvalue weighted by atomic mass is 19.3. The molecule has 0 unspecified atom stereocenters. The number of likely N-dealkylation sites (tertiary alicyclic amines) is 2. The van der Waals surface area contributed by atoms with Crippen molar-refractivity contribution in [1.82, 2.24) is 14.7 Å². The molecule has 3 saturated heterocycles. The fourth-order valence-corrected chi connectivity index (χ4v) is 7.47. The minimum absolute atomic E-state index is 0.0679. The number of hydrogen-bond donors (Lipinski definition) is 0. The van der Waals surface area contributed by atoms with E-state index in [0.717, 1.165) is 55.1 Å². The number of benzene rings is 2. The highest BCUT2D eigenvalue weighted by Crippen LogP contribution is 2.38. The first-order chi connectivity index (χ1) is 22.5. The first-order valence-electron chi connectivity index (χ1n) is 17.1. The second kappa shape index (κ2) is 14.0. The molecule has 0 radical (unpaired) electrons. The molecule has 0 aliphatic carbocycles. The Hall–Kier alpha value is -3.44. The monoisotopic (exact) mass is 653 g/mol. The van der Waals surface area contributed by atoms with Crippen molar-refractivity contribution in [3.8, 4) is 0 Å². The van der Waals surface area contributed by atoms with Gasteiger partial charge in [0.25, 0.3) is 5.92 Å². The van der Waals surface area contributed by atoms with Crippen LogP contribution in [0.4, 0.5) is 29.7 Å². The Morgan fingerprint density at radius 1 is 0.830 bits per heavy atom. The van der Waals surface area contributed by atoms with Gasteiger partial charge in [-0.1, -0.05) is 36.4 Å². The summed E-state index contributed by atoms with van der Waals surface area (Å²) in [5.41, 5.74) is 3.57. The number of nitrogens with zero attached hydrogens (tertiary/aromatic N) is 5. The third-order valence-corrected chi connectivity index (χ3v) is 10.0. The number of ether oxygens (including phenoxy) is 2. The molecule has 2 aromatic carbocycles. The van der Waals surface area contributed by atoms with Crippen LogP contribution in [0.1, 0.15) is 51.2 Å². The molecule has 1 atom stereocenters. The fraction of sp³-hybridized carbons (Fsp3) is 0.611. The van der Waals surface area contributed by atoms with Gasteiger partial charge in [-0.25, -0.2) is 18.4 Å². The highest BCUT2D eigenvalue weighted by molar-refractivity contribution is 5.92. The van der Waals surface area contributed by atoms with Crippen molar-refractivity contribution < 1.29 is 27.8 Å². The molecule has 6 rings (SSSR count). The summed E-state index contributed by atoms with van der Waals surface area (Å²) < 4.78 is 42.2. The van der Waals surface area contributed by atoms with E-state index >= 15 is 8.78 Å². The molecule has 4 aliphatic heterocycles. The number of anilines is 2. The third-order valence-electron chi connectivity index (χ3n) is 10.0. The lowest BCUT2D eigenvalue weighted by atomic mass is 9.89. The summed E-state index contributed by atoms with van der Waals surface area (Å²) in [4.78, 5) is 35.3. The molecule has 0 N–H and O–H groups in total. The third kappa shape index (κ3) is 8.00. The molecular formula is C36H49F2N5O4.